The standard InChI is InChI=1S/C15H15FN4O3/c1-19-12(4-5-13(19)20(22)23)15(21)18-11-3-2-9-8-17-7-6-10(9)14(11)16/h2-5,17H,6-8H2,1H3,(H,18,21). The molecule has 0 spiro atoms. The fourth-order valence-corrected chi connectivity index (χ4v) is 2.73. The average molecular weight is 318 g/mol. The number of hydrogen-bond donors (Lipinski definition) is 2. The number of anilines is 1. The maximum Gasteiger partial charge on any atom is 0.323 e. The van der Waals surface area contributed by atoms with Crippen molar-refractivity contribution in [2.75, 3.05) is 11.9 Å². The summed E-state index contributed by atoms with van der Waals surface area (Å²) >= 11 is 0. The van der Waals surface area contributed by atoms with Gasteiger partial charge in [-0.2, -0.15) is 0 Å². The predicted octanol–water partition coefficient (Wildman–Crippen LogP) is 1.97. The van der Waals surface area contributed by atoms with Gasteiger partial charge in [0.15, 0.2) is 5.69 Å². The minimum Gasteiger partial charge on any atom is -0.358 e. The molecule has 3 rings (SSSR count). The van der Waals surface area contributed by atoms with Gasteiger partial charge >= 0.3 is 5.82 Å². The molecule has 120 valence electrons. The first-order chi connectivity index (χ1) is 11.0. The summed E-state index contributed by atoms with van der Waals surface area (Å²) in [6, 6.07) is 5.86. The van der Waals surface area contributed by atoms with Crippen molar-refractivity contribution < 1.29 is 14.1 Å². The number of hydrogen-bond acceptors (Lipinski definition) is 4. The highest BCUT2D eigenvalue weighted by Gasteiger charge is 2.23. The lowest BCUT2D eigenvalue weighted by Gasteiger charge is -2.19. The minimum absolute atomic E-state index is 0.0829. The Morgan fingerprint density at radius 2 is 2.17 bits per heavy atom. The van der Waals surface area contributed by atoms with Crippen LogP contribution in [0.5, 0.6) is 0 Å². The number of aromatic nitrogens is 1. The Bertz CT molecular complexity index is 800. The number of nitro groups is 1. The van der Waals surface area contributed by atoms with Crippen LogP contribution in [-0.4, -0.2) is 21.9 Å². The van der Waals surface area contributed by atoms with E-state index in [0.717, 1.165) is 10.1 Å². The first kappa shape index (κ1) is 15.2. The SMILES string of the molecule is Cn1c(C(=O)Nc2ccc3c(c2F)CCNC3)ccc1[N+](=O)[O-]. The van der Waals surface area contributed by atoms with Crippen LogP contribution < -0.4 is 10.6 Å². The molecule has 1 aromatic carbocycles. The van der Waals surface area contributed by atoms with Gasteiger partial charge in [-0.1, -0.05) is 6.07 Å². The highest BCUT2D eigenvalue weighted by atomic mass is 19.1. The molecule has 2 N–H and O–H groups in total. The summed E-state index contributed by atoms with van der Waals surface area (Å²) in [7, 11) is 1.42. The quantitative estimate of drug-likeness (QED) is 0.669. The Morgan fingerprint density at radius 3 is 2.87 bits per heavy atom. The van der Waals surface area contributed by atoms with Gasteiger partial charge in [0, 0.05) is 12.6 Å². The number of amides is 1. The van der Waals surface area contributed by atoms with Gasteiger partial charge in [-0.3, -0.25) is 4.79 Å². The zero-order chi connectivity index (χ0) is 16.6. The number of nitrogens with zero attached hydrogens (tertiary/aromatic N) is 2. The first-order valence-corrected chi connectivity index (χ1v) is 7.11. The van der Waals surface area contributed by atoms with Crippen LogP contribution >= 0.6 is 0 Å². The van der Waals surface area contributed by atoms with E-state index in [1.807, 2.05) is 0 Å². The van der Waals surface area contributed by atoms with E-state index in [1.165, 1.54) is 25.2 Å². The van der Waals surface area contributed by atoms with Gasteiger partial charge in [0.05, 0.1) is 12.7 Å². The molecule has 2 aromatic rings. The van der Waals surface area contributed by atoms with E-state index < -0.39 is 16.6 Å². The van der Waals surface area contributed by atoms with E-state index in [2.05, 4.69) is 10.6 Å². The van der Waals surface area contributed by atoms with Crippen LogP contribution in [-0.2, 0) is 20.0 Å². The average Bonchev–Trinajstić information content (AvgIpc) is 2.92. The Morgan fingerprint density at radius 1 is 1.39 bits per heavy atom. The van der Waals surface area contributed by atoms with Crippen molar-refractivity contribution >= 4 is 17.4 Å². The van der Waals surface area contributed by atoms with E-state index in [9.17, 15) is 19.3 Å². The summed E-state index contributed by atoms with van der Waals surface area (Å²) in [6.07, 6.45) is 0.556. The topological polar surface area (TPSA) is 89.2 Å². The van der Waals surface area contributed by atoms with Crippen LogP contribution in [0.15, 0.2) is 24.3 Å². The summed E-state index contributed by atoms with van der Waals surface area (Å²) in [5.74, 6) is -1.23. The van der Waals surface area contributed by atoms with Gasteiger partial charge in [-0.15, -0.1) is 0 Å². The normalized spacial score (nSPS) is 13.5. The zero-order valence-electron chi connectivity index (χ0n) is 12.4. The van der Waals surface area contributed by atoms with Crippen molar-refractivity contribution in [3.63, 3.8) is 0 Å². The van der Waals surface area contributed by atoms with Crippen molar-refractivity contribution in [2.24, 2.45) is 7.05 Å². The summed E-state index contributed by atoms with van der Waals surface area (Å²) in [4.78, 5) is 22.5. The number of carbonyl (C=O) groups is 1. The Kier molecular flexibility index (Phi) is 3.83. The number of rotatable bonds is 3. The largest absolute Gasteiger partial charge is 0.358 e. The van der Waals surface area contributed by atoms with E-state index in [-0.39, 0.29) is 17.2 Å². The number of benzene rings is 1. The molecule has 0 unspecified atom stereocenters. The van der Waals surface area contributed by atoms with Gasteiger partial charge in [0.1, 0.15) is 5.82 Å². The third-order valence-corrected chi connectivity index (χ3v) is 3.97. The fraction of sp³-hybridized carbons (Fsp3) is 0.267. The summed E-state index contributed by atoms with van der Waals surface area (Å²) in [5.41, 5.74) is 1.65. The van der Waals surface area contributed by atoms with Gasteiger partial charge in [0.25, 0.3) is 5.91 Å². The Balaban J connectivity index is 1.88. The van der Waals surface area contributed by atoms with Gasteiger partial charge < -0.3 is 20.7 Å². The number of halogens is 1. The third kappa shape index (κ3) is 2.68. The van der Waals surface area contributed by atoms with Crippen LogP contribution in [0.25, 0.3) is 0 Å². The van der Waals surface area contributed by atoms with E-state index in [4.69, 9.17) is 0 Å². The number of nitrogens with one attached hydrogen (secondary N) is 2. The smallest absolute Gasteiger partial charge is 0.323 e. The molecule has 1 amide bonds. The first-order valence-electron chi connectivity index (χ1n) is 7.11. The van der Waals surface area contributed by atoms with E-state index in [1.54, 1.807) is 6.07 Å². The van der Waals surface area contributed by atoms with Crippen molar-refractivity contribution in [3.8, 4) is 0 Å². The molecule has 2 heterocycles. The molecule has 0 atom stereocenters. The van der Waals surface area contributed by atoms with E-state index in [0.29, 0.717) is 25.1 Å². The minimum atomic E-state index is -0.589. The summed E-state index contributed by atoms with van der Waals surface area (Å²) in [6.45, 7) is 1.29. The van der Waals surface area contributed by atoms with Crippen molar-refractivity contribution in [3.05, 3.63) is 57.0 Å². The highest BCUT2D eigenvalue weighted by Crippen LogP contribution is 2.25. The molecule has 1 aliphatic heterocycles. The highest BCUT2D eigenvalue weighted by molar-refractivity contribution is 6.03. The Hall–Kier alpha value is -2.74. The molecule has 0 saturated heterocycles. The van der Waals surface area contributed by atoms with Crippen molar-refractivity contribution in [2.45, 2.75) is 13.0 Å². The van der Waals surface area contributed by atoms with Crippen LogP contribution in [0.4, 0.5) is 15.9 Å². The number of carbonyl (C=O) groups excluding carboxylic acids is 1. The fourth-order valence-electron chi connectivity index (χ4n) is 2.73. The van der Waals surface area contributed by atoms with Gasteiger partial charge in [-0.25, -0.2) is 8.96 Å². The second kappa shape index (κ2) is 5.81. The molecule has 0 fully saturated rings. The zero-order valence-corrected chi connectivity index (χ0v) is 12.4. The molecule has 23 heavy (non-hydrogen) atoms. The maximum atomic E-state index is 14.5. The van der Waals surface area contributed by atoms with Crippen LogP contribution in [0.1, 0.15) is 21.6 Å². The third-order valence-electron chi connectivity index (χ3n) is 3.97. The lowest BCUT2D eigenvalue weighted by Crippen LogP contribution is -2.25. The van der Waals surface area contributed by atoms with Gasteiger partial charge in [0.2, 0.25) is 0 Å². The van der Waals surface area contributed by atoms with Crippen molar-refractivity contribution in [1.29, 1.82) is 0 Å². The molecular formula is C15H15FN4O3. The lowest BCUT2D eigenvalue weighted by atomic mass is 9.99. The molecular weight excluding hydrogens is 303 g/mol. The molecule has 1 aromatic heterocycles. The molecule has 0 saturated carbocycles. The summed E-state index contributed by atoms with van der Waals surface area (Å²) < 4.78 is 15.7. The van der Waals surface area contributed by atoms with Gasteiger partial charge in [-0.05, 0) is 41.1 Å². The second-order valence-electron chi connectivity index (χ2n) is 5.34. The van der Waals surface area contributed by atoms with E-state index >= 15 is 0 Å². The molecule has 0 radical (unpaired) electrons. The van der Waals surface area contributed by atoms with Crippen LogP contribution in [0.3, 0.4) is 0 Å². The molecule has 7 nitrogen and oxygen atoms in total. The maximum absolute atomic E-state index is 14.5. The summed E-state index contributed by atoms with van der Waals surface area (Å²) in [5, 5.41) is 16.5. The molecule has 1 aliphatic rings. The number of fused-ring (bicyclic) bond motifs is 1. The van der Waals surface area contributed by atoms with Crippen LogP contribution in [0.2, 0.25) is 0 Å². The molecule has 0 bridgehead atoms. The monoisotopic (exact) mass is 318 g/mol. The second-order valence-corrected chi connectivity index (χ2v) is 5.34. The van der Waals surface area contributed by atoms with Crippen LogP contribution in [0, 0.1) is 15.9 Å². The molecule has 8 heteroatoms. The van der Waals surface area contributed by atoms with Crippen molar-refractivity contribution in [1.82, 2.24) is 9.88 Å². The molecule has 0 aliphatic carbocycles. The lowest BCUT2D eigenvalue weighted by molar-refractivity contribution is -0.391. The predicted molar refractivity (Wildman–Crippen MR) is 81.8 cm³/mol. The Labute approximate surface area is 131 Å².